The third-order valence-electron chi connectivity index (χ3n) is 5.21. The van der Waals surface area contributed by atoms with Gasteiger partial charge in [-0.15, -0.1) is 0 Å². The summed E-state index contributed by atoms with van der Waals surface area (Å²) in [6, 6.07) is 16.3. The molecule has 3 aromatic heterocycles. The monoisotopic (exact) mass is 402 g/mol. The topological polar surface area (TPSA) is 93.4 Å². The highest BCUT2D eigenvalue weighted by Gasteiger charge is 2.26. The van der Waals surface area contributed by atoms with E-state index in [1.807, 2.05) is 57.2 Å². The van der Waals surface area contributed by atoms with Crippen molar-refractivity contribution in [1.82, 2.24) is 14.7 Å². The van der Waals surface area contributed by atoms with Gasteiger partial charge in [-0.1, -0.05) is 41.4 Å². The first-order valence-corrected chi connectivity index (χ1v) is 9.89. The minimum atomic E-state index is -0.335. The highest BCUT2D eigenvalue weighted by Crippen LogP contribution is 2.19. The minimum Gasteiger partial charge on any atom is -0.345 e. The normalized spacial score (nSPS) is 12.4. The number of nitrogen functional groups attached to an aromatic ring is 1. The van der Waals surface area contributed by atoms with Crippen molar-refractivity contribution < 1.29 is 9.36 Å². The number of nitrogens with zero attached hydrogens (tertiary/aromatic N) is 3. The molecule has 0 bridgehead atoms. The molecule has 1 aromatic carbocycles. The van der Waals surface area contributed by atoms with Gasteiger partial charge in [0.25, 0.3) is 17.1 Å². The Hall–Kier alpha value is -3.74. The van der Waals surface area contributed by atoms with E-state index in [1.54, 1.807) is 29.0 Å². The molecule has 30 heavy (non-hydrogen) atoms. The van der Waals surface area contributed by atoms with Crippen LogP contribution in [0.25, 0.3) is 16.7 Å². The number of anilines is 1. The molecule has 0 unspecified atom stereocenters. The minimum absolute atomic E-state index is 0.0927. The van der Waals surface area contributed by atoms with Crippen LogP contribution < -0.4 is 21.2 Å². The molecule has 1 atom stereocenters. The molecule has 0 spiro atoms. The molecule has 3 N–H and O–H groups in total. The lowest BCUT2D eigenvalue weighted by Gasteiger charge is -2.17. The van der Waals surface area contributed by atoms with Crippen LogP contribution >= 0.6 is 0 Å². The lowest BCUT2D eigenvalue weighted by molar-refractivity contribution is -0.679. The van der Waals surface area contributed by atoms with Crippen molar-refractivity contribution in [1.29, 1.82) is 0 Å². The van der Waals surface area contributed by atoms with Gasteiger partial charge < -0.3 is 11.1 Å². The van der Waals surface area contributed by atoms with Crippen LogP contribution in [-0.2, 0) is 0 Å². The van der Waals surface area contributed by atoms with E-state index < -0.39 is 0 Å². The number of benzene rings is 1. The van der Waals surface area contributed by atoms with Gasteiger partial charge in [0.05, 0.1) is 12.1 Å². The van der Waals surface area contributed by atoms with Gasteiger partial charge in [0, 0.05) is 6.20 Å². The van der Waals surface area contributed by atoms with Crippen LogP contribution in [0.2, 0.25) is 0 Å². The maximum Gasteiger partial charge on any atom is 0.278 e. The van der Waals surface area contributed by atoms with Crippen molar-refractivity contribution in [2.24, 2.45) is 0 Å². The summed E-state index contributed by atoms with van der Waals surface area (Å²) in [4.78, 5) is 30.9. The Morgan fingerprint density at radius 2 is 1.80 bits per heavy atom. The molecular weight excluding hydrogens is 378 g/mol. The maximum atomic E-state index is 13.1. The van der Waals surface area contributed by atoms with E-state index in [0.717, 1.165) is 5.56 Å². The lowest BCUT2D eigenvalue weighted by Crippen LogP contribution is -2.44. The van der Waals surface area contributed by atoms with Crippen molar-refractivity contribution in [2.75, 3.05) is 5.73 Å². The average molecular weight is 402 g/mol. The molecule has 0 aliphatic rings. The zero-order valence-electron chi connectivity index (χ0n) is 17.2. The molecule has 0 fully saturated rings. The second-order valence-corrected chi connectivity index (χ2v) is 7.60. The third kappa shape index (κ3) is 3.28. The SMILES string of the molecule is CC(C)[n+]1c(N)c(C(=O)N[C@H](C)c2ccccc2)cc2c(=O)n3ccccc3nc21. The zero-order valence-corrected chi connectivity index (χ0v) is 17.2. The number of hydrogen-bond acceptors (Lipinski definition) is 4. The fourth-order valence-electron chi connectivity index (χ4n) is 3.67. The summed E-state index contributed by atoms with van der Waals surface area (Å²) in [5, 5.41) is 3.33. The second kappa shape index (κ2) is 7.59. The highest BCUT2D eigenvalue weighted by molar-refractivity contribution is 6.00. The van der Waals surface area contributed by atoms with Crippen molar-refractivity contribution >= 4 is 28.4 Å². The van der Waals surface area contributed by atoms with Crippen LogP contribution in [-0.4, -0.2) is 15.3 Å². The smallest absolute Gasteiger partial charge is 0.278 e. The number of aromatic nitrogens is 3. The Morgan fingerprint density at radius 1 is 1.10 bits per heavy atom. The molecule has 0 saturated carbocycles. The Kier molecular flexibility index (Phi) is 4.95. The molecule has 7 heteroatoms. The van der Waals surface area contributed by atoms with Gasteiger partial charge in [-0.2, -0.15) is 0 Å². The second-order valence-electron chi connectivity index (χ2n) is 7.60. The van der Waals surface area contributed by atoms with Gasteiger partial charge >= 0.3 is 0 Å². The number of nitrogens with two attached hydrogens (primary N) is 1. The van der Waals surface area contributed by atoms with E-state index >= 15 is 0 Å². The van der Waals surface area contributed by atoms with Crippen molar-refractivity contribution in [2.45, 2.75) is 32.9 Å². The van der Waals surface area contributed by atoms with Gasteiger partial charge in [-0.25, -0.2) is 4.57 Å². The van der Waals surface area contributed by atoms with E-state index in [4.69, 9.17) is 5.73 Å². The molecular formula is C23H24N5O2+. The summed E-state index contributed by atoms with van der Waals surface area (Å²) in [6.45, 7) is 5.79. The molecule has 0 saturated heterocycles. The van der Waals surface area contributed by atoms with E-state index in [0.29, 0.717) is 16.7 Å². The van der Waals surface area contributed by atoms with Gasteiger partial charge in [-0.05, 0) is 44.5 Å². The van der Waals surface area contributed by atoms with Crippen molar-refractivity contribution in [3.05, 3.63) is 82.3 Å². The van der Waals surface area contributed by atoms with Crippen LogP contribution in [0.5, 0.6) is 0 Å². The number of amides is 1. The summed E-state index contributed by atoms with van der Waals surface area (Å²) in [5.41, 5.74) is 8.40. The van der Waals surface area contributed by atoms with E-state index in [-0.39, 0.29) is 34.9 Å². The first-order chi connectivity index (χ1) is 14.4. The van der Waals surface area contributed by atoms with E-state index in [1.165, 1.54) is 4.40 Å². The first kappa shape index (κ1) is 19.6. The molecule has 4 rings (SSSR count). The van der Waals surface area contributed by atoms with Crippen LogP contribution in [0, 0.1) is 0 Å². The maximum absolute atomic E-state index is 13.1. The summed E-state index contributed by atoms with van der Waals surface area (Å²) >= 11 is 0. The predicted molar refractivity (Wildman–Crippen MR) is 116 cm³/mol. The number of carbonyl (C=O) groups is 1. The number of hydrogen-bond donors (Lipinski definition) is 2. The quantitative estimate of drug-likeness (QED) is 0.405. The fraction of sp³-hybridized carbons (Fsp3) is 0.217. The zero-order chi connectivity index (χ0) is 21.4. The standard InChI is InChI=1S/C23H23N5O2/c1-14(2)28-20(24)17(22(29)25-15(3)16-9-5-4-6-10-16)13-18-21(28)26-19-11-7-8-12-27(19)23(18)30/h4-15,24H,1-3H3,(H,25,29)/p+1/t15-/m1/s1. The van der Waals surface area contributed by atoms with Crippen LogP contribution in [0.1, 0.15) is 48.8 Å². The van der Waals surface area contributed by atoms with Crippen molar-refractivity contribution in [3.63, 3.8) is 0 Å². The Morgan fingerprint density at radius 3 is 2.50 bits per heavy atom. The average Bonchev–Trinajstić information content (AvgIpc) is 2.74. The van der Waals surface area contributed by atoms with E-state index in [2.05, 4.69) is 10.3 Å². The number of rotatable bonds is 4. The van der Waals surface area contributed by atoms with Crippen LogP contribution in [0.15, 0.2) is 65.6 Å². The third-order valence-corrected chi connectivity index (χ3v) is 5.21. The highest BCUT2D eigenvalue weighted by atomic mass is 16.2. The molecule has 0 radical (unpaired) electrons. The predicted octanol–water partition coefficient (Wildman–Crippen LogP) is 2.79. The van der Waals surface area contributed by atoms with Crippen LogP contribution in [0.3, 0.4) is 0 Å². The molecule has 4 aromatic rings. The molecule has 152 valence electrons. The number of fused-ring (bicyclic) bond motifs is 2. The summed E-state index contributed by atoms with van der Waals surface area (Å²) in [6.07, 6.45) is 1.66. The van der Waals surface area contributed by atoms with Gasteiger partial charge in [-0.3, -0.25) is 14.0 Å². The first-order valence-electron chi connectivity index (χ1n) is 9.89. The lowest BCUT2D eigenvalue weighted by atomic mass is 10.1. The largest absolute Gasteiger partial charge is 0.345 e. The molecule has 7 nitrogen and oxygen atoms in total. The molecule has 0 aliphatic carbocycles. The number of carbonyl (C=O) groups excluding carboxylic acids is 1. The Labute approximate surface area is 173 Å². The Balaban J connectivity index is 1.89. The molecule has 0 aliphatic heterocycles. The summed E-state index contributed by atoms with van der Waals surface area (Å²) in [5.74, 6) is -0.0554. The number of pyridine rings is 2. The fourth-order valence-corrected chi connectivity index (χ4v) is 3.67. The number of nitrogens with one attached hydrogen (secondary N) is 1. The van der Waals surface area contributed by atoms with Crippen molar-refractivity contribution in [3.8, 4) is 0 Å². The van der Waals surface area contributed by atoms with Gasteiger partial charge in [0.1, 0.15) is 10.9 Å². The Bertz CT molecular complexity index is 1310. The molecule has 1 amide bonds. The summed E-state index contributed by atoms with van der Waals surface area (Å²) < 4.78 is 3.21. The van der Waals surface area contributed by atoms with Gasteiger partial charge in [0.15, 0.2) is 0 Å². The summed E-state index contributed by atoms with van der Waals surface area (Å²) in [7, 11) is 0. The van der Waals surface area contributed by atoms with Gasteiger partial charge in [0.2, 0.25) is 11.5 Å². The van der Waals surface area contributed by atoms with E-state index in [9.17, 15) is 9.59 Å². The van der Waals surface area contributed by atoms with Crippen LogP contribution in [0.4, 0.5) is 5.82 Å². The molecule has 3 heterocycles.